The van der Waals surface area contributed by atoms with E-state index in [1.807, 2.05) is 13.8 Å². The highest BCUT2D eigenvalue weighted by Crippen LogP contribution is 2.07. The van der Waals surface area contributed by atoms with Gasteiger partial charge in [-0.1, -0.05) is 20.3 Å². The van der Waals surface area contributed by atoms with E-state index in [1.54, 1.807) is 7.05 Å². The van der Waals surface area contributed by atoms with Crippen molar-refractivity contribution in [2.75, 3.05) is 20.7 Å². The number of likely N-dealkylation sites (N-methyl/N-ethyl adjacent to an activating group) is 1. The van der Waals surface area contributed by atoms with E-state index in [-0.39, 0.29) is 18.4 Å². The number of amides is 1. The molecule has 0 aromatic rings. The van der Waals surface area contributed by atoms with Gasteiger partial charge in [0.15, 0.2) is 0 Å². The van der Waals surface area contributed by atoms with Crippen molar-refractivity contribution in [3.8, 4) is 0 Å². The third-order valence-corrected chi connectivity index (χ3v) is 2.24. The molecule has 0 aromatic carbocycles. The molecular weight excluding hydrogens is 182 g/mol. The summed E-state index contributed by atoms with van der Waals surface area (Å²) < 4.78 is 4.47. The van der Waals surface area contributed by atoms with E-state index < -0.39 is 0 Å². The Morgan fingerprint density at radius 3 is 2.43 bits per heavy atom. The molecule has 0 aliphatic carbocycles. The van der Waals surface area contributed by atoms with Gasteiger partial charge in [0.05, 0.1) is 7.11 Å². The van der Waals surface area contributed by atoms with Crippen LogP contribution < -0.4 is 0 Å². The zero-order chi connectivity index (χ0) is 11.1. The van der Waals surface area contributed by atoms with Gasteiger partial charge in [-0.15, -0.1) is 0 Å². The fourth-order valence-corrected chi connectivity index (χ4v) is 0.945. The molecule has 0 radical (unpaired) electrons. The third kappa shape index (κ3) is 4.84. The van der Waals surface area contributed by atoms with Gasteiger partial charge in [0, 0.05) is 13.5 Å². The Hall–Kier alpha value is -1.06. The predicted molar refractivity (Wildman–Crippen MR) is 53.7 cm³/mol. The summed E-state index contributed by atoms with van der Waals surface area (Å²) in [7, 11) is 2.93. The fourth-order valence-electron chi connectivity index (χ4n) is 0.945. The molecule has 1 atom stereocenters. The SMILES string of the molecule is CCC(C)CC(=O)N(C)CC(=O)OC. The second-order valence-electron chi connectivity index (χ2n) is 3.54. The molecule has 0 fully saturated rings. The van der Waals surface area contributed by atoms with Crippen LogP contribution in [0.5, 0.6) is 0 Å². The Morgan fingerprint density at radius 2 is 2.00 bits per heavy atom. The van der Waals surface area contributed by atoms with Crippen molar-refractivity contribution in [2.24, 2.45) is 5.92 Å². The van der Waals surface area contributed by atoms with Gasteiger partial charge in [-0.25, -0.2) is 0 Å². The maximum atomic E-state index is 11.5. The largest absolute Gasteiger partial charge is 0.468 e. The second kappa shape index (κ2) is 6.40. The Bertz CT molecular complexity index is 204. The quantitative estimate of drug-likeness (QED) is 0.625. The first-order valence-corrected chi connectivity index (χ1v) is 4.82. The molecule has 82 valence electrons. The second-order valence-corrected chi connectivity index (χ2v) is 3.54. The average molecular weight is 201 g/mol. The van der Waals surface area contributed by atoms with Gasteiger partial charge < -0.3 is 9.64 Å². The maximum absolute atomic E-state index is 11.5. The molecule has 0 rings (SSSR count). The lowest BCUT2D eigenvalue weighted by Gasteiger charge is -2.17. The summed E-state index contributed by atoms with van der Waals surface area (Å²) in [5, 5.41) is 0. The first-order valence-electron chi connectivity index (χ1n) is 4.82. The van der Waals surface area contributed by atoms with Gasteiger partial charge in [-0.3, -0.25) is 9.59 Å². The summed E-state index contributed by atoms with van der Waals surface area (Å²) in [6.45, 7) is 4.09. The molecular formula is C10H19NO3. The van der Waals surface area contributed by atoms with Crippen molar-refractivity contribution in [3.63, 3.8) is 0 Å². The molecule has 0 aromatic heterocycles. The molecule has 1 amide bonds. The summed E-state index contributed by atoms with van der Waals surface area (Å²) in [6.07, 6.45) is 1.46. The Labute approximate surface area is 85.2 Å². The first-order chi connectivity index (χ1) is 6.51. The molecule has 0 spiro atoms. The standard InChI is InChI=1S/C10H19NO3/c1-5-8(2)6-9(12)11(3)7-10(13)14-4/h8H,5-7H2,1-4H3. The van der Waals surface area contributed by atoms with Crippen LogP contribution in [0, 0.1) is 5.92 Å². The number of hydrogen-bond donors (Lipinski definition) is 0. The Morgan fingerprint density at radius 1 is 1.43 bits per heavy atom. The molecule has 0 saturated heterocycles. The highest BCUT2D eigenvalue weighted by molar-refractivity contribution is 5.81. The molecule has 1 unspecified atom stereocenters. The number of rotatable bonds is 5. The van der Waals surface area contributed by atoms with Crippen LogP contribution in [-0.2, 0) is 14.3 Å². The van der Waals surface area contributed by atoms with Gasteiger partial charge in [-0.2, -0.15) is 0 Å². The summed E-state index contributed by atoms with van der Waals surface area (Å²) >= 11 is 0. The van der Waals surface area contributed by atoms with Crippen molar-refractivity contribution < 1.29 is 14.3 Å². The van der Waals surface area contributed by atoms with E-state index in [2.05, 4.69) is 4.74 Å². The van der Waals surface area contributed by atoms with E-state index in [0.29, 0.717) is 12.3 Å². The van der Waals surface area contributed by atoms with Crippen LogP contribution in [-0.4, -0.2) is 37.5 Å². The third-order valence-electron chi connectivity index (χ3n) is 2.24. The van der Waals surface area contributed by atoms with E-state index in [1.165, 1.54) is 12.0 Å². The topological polar surface area (TPSA) is 46.6 Å². The summed E-state index contributed by atoms with van der Waals surface area (Å²) in [5.41, 5.74) is 0. The molecule has 4 heteroatoms. The fraction of sp³-hybridized carbons (Fsp3) is 0.800. The molecule has 0 N–H and O–H groups in total. The van der Waals surface area contributed by atoms with Crippen molar-refractivity contribution in [3.05, 3.63) is 0 Å². The normalized spacial score (nSPS) is 12.0. The van der Waals surface area contributed by atoms with Crippen LogP contribution in [0.25, 0.3) is 0 Å². The number of ether oxygens (including phenoxy) is 1. The zero-order valence-corrected chi connectivity index (χ0v) is 9.37. The predicted octanol–water partition coefficient (Wildman–Crippen LogP) is 1.05. The molecule has 0 saturated carbocycles. The summed E-state index contributed by atoms with van der Waals surface area (Å²) in [4.78, 5) is 23.7. The average Bonchev–Trinajstić information content (AvgIpc) is 2.17. The van der Waals surface area contributed by atoms with E-state index in [9.17, 15) is 9.59 Å². The van der Waals surface area contributed by atoms with Crippen LogP contribution in [0.2, 0.25) is 0 Å². The number of methoxy groups -OCH3 is 1. The van der Waals surface area contributed by atoms with Crippen LogP contribution in [0.1, 0.15) is 26.7 Å². The van der Waals surface area contributed by atoms with Gasteiger partial charge in [-0.05, 0) is 5.92 Å². The number of esters is 1. The van der Waals surface area contributed by atoms with E-state index in [0.717, 1.165) is 6.42 Å². The minimum absolute atomic E-state index is 0.00949. The lowest BCUT2D eigenvalue weighted by molar-refractivity contribution is -0.146. The molecule has 0 bridgehead atoms. The zero-order valence-electron chi connectivity index (χ0n) is 9.37. The number of nitrogens with zero attached hydrogens (tertiary/aromatic N) is 1. The number of carbonyl (C=O) groups excluding carboxylic acids is 2. The van der Waals surface area contributed by atoms with Gasteiger partial charge in [0.25, 0.3) is 0 Å². The first kappa shape index (κ1) is 12.9. The van der Waals surface area contributed by atoms with Crippen molar-refractivity contribution in [1.82, 2.24) is 4.90 Å². The van der Waals surface area contributed by atoms with Crippen LogP contribution in [0.15, 0.2) is 0 Å². The minimum Gasteiger partial charge on any atom is -0.468 e. The number of carbonyl (C=O) groups is 2. The lowest BCUT2D eigenvalue weighted by Crippen LogP contribution is -2.33. The molecule has 0 aliphatic rings. The van der Waals surface area contributed by atoms with E-state index in [4.69, 9.17) is 0 Å². The Balaban J connectivity index is 3.93. The van der Waals surface area contributed by atoms with Gasteiger partial charge in [0.1, 0.15) is 6.54 Å². The van der Waals surface area contributed by atoms with Crippen molar-refractivity contribution in [2.45, 2.75) is 26.7 Å². The summed E-state index contributed by atoms with van der Waals surface area (Å²) in [6, 6.07) is 0. The molecule has 0 aliphatic heterocycles. The molecule has 14 heavy (non-hydrogen) atoms. The van der Waals surface area contributed by atoms with Crippen LogP contribution in [0.4, 0.5) is 0 Å². The highest BCUT2D eigenvalue weighted by Gasteiger charge is 2.14. The van der Waals surface area contributed by atoms with E-state index >= 15 is 0 Å². The number of hydrogen-bond acceptors (Lipinski definition) is 3. The van der Waals surface area contributed by atoms with Crippen LogP contribution in [0.3, 0.4) is 0 Å². The lowest BCUT2D eigenvalue weighted by atomic mass is 10.0. The van der Waals surface area contributed by atoms with Crippen LogP contribution >= 0.6 is 0 Å². The van der Waals surface area contributed by atoms with Crippen molar-refractivity contribution >= 4 is 11.9 Å². The van der Waals surface area contributed by atoms with Gasteiger partial charge >= 0.3 is 5.97 Å². The highest BCUT2D eigenvalue weighted by atomic mass is 16.5. The van der Waals surface area contributed by atoms with Crippen molar-refractivity contribution in [1.29, 1.82) is 0 Å². The molecule has 4 nitrogen and oxygen atoms in total. The Kier molecular flexibility index (Phi) is 5.92. The maximum Gasteiger partial charge on any atom is 0.325 e. The minimum atomic E-state index is -0.384. The summed E-state index contributed by atoms with van der Waals surface area (Å²) in [5.74, 6) is -0.0302. The molecule has 0 heterocycles. The monoisotopic (exact) mass is 201 g/mol. The smallest absolute Gasteiger partial charge is 0.325 e. The van der Waals surface area contributed by atoms with Gasteiger partial charge in [0.2, 0.25) is 5.91 Å².